The Kier molecular flexibility index (Phi) is 4.96. The number of hydrogen-bond acceptors (Lipinski definition) is 4. The van der Waals surface area contributed by atoms with E-state index in [1.165, 1.54) is 42.6 Å². The minimum absolute atomic E-state index is 0.00909. The molecule has 4 nitrogen and oxygen atoms in total. The highest BCUT2D eigenvalue weighted by Gasteiger charge is 2.11. The predicted molar refractivity (Wildman–Crippen MR) is 77.8 cm³/mol. The van der Waals surface area contributed by atoms with E-state index >= 15 is 0 Å². The predicted octanol–water partition coefficient (Wildman–Crippen LogP) is 3.38. The van der Waals surface area contributed by atoms with Gasteiger partial charge in [-0.2, -0.15) is 0 Å². The summed E-state index contributed by atoms with van der Waals surface area (Å²) in [5.41, 5.74) is 2.22. The Morgan fingerprint density at radius 2 is 2.37 bits per heavy atom. The number of nitrogens with zero attached hydrogens (tertiary/aromatic N) is 1. The van der Waals surface area contributed by atoms with Crippen LogP contribution < -0.4 is 5.32 Å². The summed E-state index contributed by atoms with van der Waals surface area (Å²) in [6.45, 7) is 2.80. The lowest BCUT2D eigenvalue weighted by Gasteiger charge is -2.12. The molecule has 2 rings (SSSR count). The summed E-state index contributed by atoms with van der Waals surface area (Å²) in [5.74, 6) is -0.827. The van der Waals surface area contributed by atoms with Gasteiger partial charge in [0.1, 0.15) is 0 Å². The Hall–Kier alpha value is -1.36. The molecule has 1 heterocycles. The van der Waals surface area contributed by atoms with Crippen molar-refractivity contribution in [3.63, 3.8) is 0 Å². The van der Waals surface area contributed by atoms with Crippen LogP contribution in [-0.4, -0.2) is 22.6 Å². The van der Waals surface area contributed by atoms with Crippen LogP contribution in [0.15, 0.2) is 11.6 Å². The lowest BCUT2D eigenvalue weighted by Crippen LogP contribution is -2.05. The summed E-state index contributed by atoms with van der Waals surface area (Å²) < 4.78 is 0. The van der Waals surface area contributed by atoms with Gasteiger partial charge in [-0.25, -0.2) is 4.98 Å². The van der Waals surface area contributed by atoms with Gasteiger partial charge in [0.15, 0.2) is 5.13 Å². The van der Waals surface area contributed by atoms with E-state index in [9.17, 15) is 4.79 Å². The van der Waals surface area contributed by atoms with Crippen molar-refractivity contribution >= 4 is 22.4 Å². The molecule has 1 aliphatic carbocycles. The molecule has 0 bridgehead atoms. The summed E-state index contributed by atoms with van der Waals surface area (Å²) in [6.07, 6.45) is 8.50. The van der Waals surface area contributed by atoms with Crippen LogP contribution in [0, 0.1) is 6.92 Å². The Labute approximate surface area is 117 Å². The lowest BCUT2D eigenvalue weighted by atomic mass is 9.97. The molecule has 0 amide bonds. The van der Waals surface area contributed by atoms with Crippen molar-refractivity contribution in [1.29, 1.82) is 0 Å². The van der Waals surface area contributed by atoms with Gasteiger partial charge in [0, 0.05) is 11.4 Å². The first-order valence-corrected chi connectivity index (χ1v) is 7.56. The van der Waals surface area contributed by atoms with E-state index in [2.05, 4.69) is 16.4 Å². The van der Waals surface area contributed by atoms with Gasteiger partial charge < -0.3 is 10.4 Å². The molecule has 1 aromatic rings. The van der Waals surface area contributed by atoms with Gasteiger partial charge >= 0.3 is 5.97 Å². The average molecular weight is 280 g/mol. The van der Waals surface area contributed by atoms with Gasteiger partial charge in [-0.05, 0) is 39.0 Å². The van der Waals surface area contributed by atoms with Crippen molar-refractivity contribution in [2.24, 2.45) is 0 Å². The standard InChI is InChI=1S/C14H20N2O2S/c1-10-12(9-13(17)18)16-14(19-10)15-8-7-11-5-3-2-4-6-11/h5H,2-4,6-9H2,1H3,(H,15,16)(H,17,18). The molecular formula is C14H20N2O2S. The van der Waals surface area contributed by atoms with Gasteiger partial charge in [0.25, 0.3) is 0 Å². The van der Waals surface area contributed by atoms with E-state index in [1.807, 2.05) is 6.92 Å². The zero-order valence-electron chi connectivity index (χ0n) is 11.2. The fraction of sp³-hybridized carbons (Fsp3) is 0.571. The number of carboxylic acid groups (broad SMARTS) is 1. The van der Waals surface area contributed by atoms with Crippen molar-refractivity contribution in [3.05, 3.63) is 22.2 Å². The second-order valence-electron chi connectivity index (χ2n) is 4.88. The van der Waals surface area contributed by atoms with E-state index in [0.717, 1.165) is 23.0 Å². The van der Waals surface area contributed by atoms with E-state index in [-0.39, 0.29) is 6.42 Å². The number of anilines is 1. The van der Waals surface area contributed by atoms with Crippen molar-refractivity contribution in [3.8, 4) is 0 Å². The maximum absolute atomic E-state index is 10.7. The number of aliphatic carboxylic acids is 1. The Bertz CT molecular complexity index is 480. The van der Waals surface area contributed by atoms with Crippen LogP contribution in [0.4, 0.5) is 5.13 Å². The number of nitrogens with one attached hydrogen (secondary N) is 1. The van der Waals surface area contributed by atoms with Crippen molar-refractivity contribution < 1.29 is 9.90 Å². The number of thiazole rings is 1. The molecule has 2 N–H and O–H groups in total. The van der Waals surface area contributed by atoms with Gasteiger partial charge in [-0.3, -0.25) is 4.79 Å². The third kappa shape index (κ3) is 4.35. The summed E-state index contributed by atoms with van der Waals surface area (Å²) in [6, 6.07) is 0. The normalized spacial score (nSPS) is 15.1. The molecule has 0 saturated carbocycles. The van der Waals surface area contributed by atoms with E-state index in [0.29, 0.717) is 5.69 Å². The summed E-state index contributed by atoms with van der Waals surface area (Å²) >= 11 is 1.54. The van der Waals surface area contributed by atoms with Gasteiger partial charge in [0.2, 0.25) is 0 Å². The maximum atomic E-state index is 10.7. The lowest BCUT2D eigenvalue weighted by molar-refractivity contribution is -0.136. The van der Waals surface area contributed by atoms with E-state index < -0.39 is 5.97 Å². The van der Waals surface area contributed by atoms with E-state index in [4.69, 9.17) is 5.11 Å². The first-order valence-electron chi connectivity index (χ1n) is 6.75. The highest BCUT2D eigenvalue weighted by atomic mass is 32.1. The first kappa shape index (κ1) is 14.1. The van der Waals surface area contributed by atoms with Crippen LogP contribution in [0.2, 0.25) is 0 Å². The zero-order chi connectivity index (χ0) is 13.7. The molecule has 0 fully saturated rings. The van der Waals surface area contributed by atoms with Crippen molar-refractivity contribution in [2.45, 2.75) is 45.4 Å². The summed E-state index contributed by atoms with van der Waals surface area (Å²) in [7, 11) is 0. The van der Waals surface area contributed by atoms with Crippen LogP contribution in [0.3, 0.4) is 0 Å². The minimum atomic E-state index is -0.827. The Balaban J connectivity index is 1.82. The molecule has 0 saturated heterocycles. The van der Waals surface area contributed by atoms with Crippen molar-refractivity contribution in [2.75, 3.05) is 11.9 Å². The van der Waals surface area contributed by atoms with Gasteiger partial charge in [-0.1, -0.05) is 11.6 Å². The number of rotatable bonds is 6. The minimum Gasteiger partial charge on any atom is -0.481 e. The third-order valence-electron chi connectivity index (χ3n) is 3.32. The highest BCUT2D eigenvalue weighted by Crippen LogP contribution is 2.24. The molecule has 19 heavy (non-hydrogen) atoms. The second-order valence-corrected chi connectivity index (χ2v) is 6.08. The Morgan fingerprint density at radius 3 is 3.05 bits per heavy atom. The number of allylic oxidation sites excluding steroid dienone is 1. The molecule has 0 spiro atoms. The highest BCUT2D eigenvalue weighted by molar-refractivity contribution is 7.15. The number of carbonyl (C=O) groups is 1. The molecular weight excluding hydrogens is 260 g/mol. The number of hydrogen-bond donors (Lipinski definition) is 2. The topological polar surface area (TPSA) is 62.2 Å². The van der Waals surface area contributed by atoms with Crippen LogP contribution in [0.1, 0.15) is 42.7 Å². The number of aryl methyl sites for hydroxylation is 1. The number of carboxylic acids is 1. The van der Waals surface area contributed by atoms with E-state index in [1.54, 1.807) is 0 Å². The van der Waals surface area contributed by atoms with Crippen LogP contribution in [0.5, 0.6) is 0 Å². The summed E-state index contributed by atoms with van der Waals surface area (Å²) in [4.78, 5) is 16.0. The molecule has 1 aliphatic rings. The fourth-order valence-corrected chi connectivity index (χ4v) is 3.13. The third-order valence-corrected chi connectivity index (χ3v) is 4.29. The molecule has 0 aromatic carbocycles. The Morgan fingerprint density at radius 1 is 1.53 bits per heavy atom. The van der Waals surface area contributed by atoms with Crippen LogP contribution in [0.25, 0.3) is 0 Å². The number of aromatic nitrogens is 1. The van der Waals surface area contributed by atoms with Gasteiger partial charge in [-0.15, -0.1) is 11.3 Å². The van der Waals surface area contributed by atoms with Crippen LogP contribution in [-0.2, 0) is 11.2 Å². The largest absolute Gasteiger partial charge is 0.481 e. The molecule has 1 aromatic heterocycles. The first-order chi connectivity index (χ1) is 9.15. The molecule has 0 aliphatic heterocycles. The van der Waals surface area contributed by atoms with Crippen LogP contribution >= 0.6 is 11.3 Å². The maximum Gasteiger partial charge on any atom is 0.309 e. The average Bonchev–Trinajstić information content (AvgIpc) is 2.70. The SMILES string of the molecule is Cc1sc(NCCC2=CCCCC2)nc1CC(=O)O. The molecule has 0 atom stereocenters. The molecule has 104 valence electrons. The molecule has 0 unspecified atom stereocenters. The molecule has 5 heteroatoms. The smallest absolute Gasteiger partial charge is 0.309 e. The zero-order valence-corrected chi connectivity index (χ0v) is 12.1. The van der Waals surface area contributed by atoms with Crippen molar-refractivity contribution in [1.82, 2.24) is 4.98 Å². The monoisotopic (exact) mass is 280 g/mol. The quantitative estimate of drug-likeness (QED) is 0.784. The summed E-state index contributed by atoms with van der Waals surface area (Å²) in [5, 5.41) is 12.9. The van der Waals surface area contributed by atoms with Gasteiger partial charge in [0.05, 0.1) is 12.1 Å². The fourth-order valence-electron chi connectivity index (χ4n) is 2.27. The second kappa shape index (κ2) is 6.70. The molecule has 0 radical (unpaired) electrons.